The van der Waals surface area contributed by atoms with E-state index in [1.54, 1.807) is 0 Å². The molecule has 0 atom stereocenters. The van der Waals surface area contributed by atoms with Crippen molar-refractivity contribution in [3.05, 3.63) is 47.5 Å². The van der Waals surface area contributed by atoms with E-state index in [9.17, 15) is 0 Å². The molecule has 1 aliphatic carbocycles. The summed E-state index contributed by atoms with van der Waals surface area (Å²) >= 11 is 0. The zero-order valence-electron chi connectivity index (χ0n) is 9.95. The average molecular weight is 213 g/mol. The fraction of sp³-hybridized carbons (Fsp3) is 0.400. The van der Waals surface area contributed by atoms with Gasteiger partial charge in [-0.1, -0.05) is 42.0 Å². The van der Waals surface area contributed by atoms with E-state index in [0.717, 1.165) is 12.3 Å². The van der Waals surface area contributed by atoms with Crippen LogP contribution < -0.4 is 0 Å². The van der Waals surface area contributed by atoms with Crippen LogP contribution in [0.4, 0.5) is 0 Å². The first-order valence-corrected chi connectivity index (χ1v) is 6.10. The lowest BCUT2D eigenvalue weighted by Gasteiger charge is -2.10. The van der Waals surface area contributed by atoms with E-state index in [1.165, 1.54) is 36.8 Å². The van der Waals surface area contributed by atoms with Crippen LogP contribution in [-0.4, -0.2) is 12.3 Å². The van der Waals surface area contributed by atoms with Gasteiger partial charge in [0.2, 0.25) is 0 Å². The number of allylic oxidation sites excluding steroid dienone is 1. The zero-order valence-corrected chi connectivity index (χ0v) is 9.95. The molecule has 16 heavy (non-hydrogen) atoms. The molecule has 1 aromatic rings. The van der Waals surface area contributed by atoms with Crippen LogP contribution in [0, 0.1) is 0 Å². The Hall–Kier alpha value is -1.37. The maximum Gasteiger partial charge on any atom is 0.0603 e. The first-order valence-electron chi connectivity index (χ1n) is 6.10. The third kappa shape index (κ3) is 3.06. The standard InChI is InChI=1S/C15H19N/c1-13(15-10-6-3-7-11-15)16-12-14-8-4-2-5-9-14/h3,6-8,10-11H,2,4-5,9,12H2,1H3/b16-13+. The van der Waals surface area contributed by atoms with Gasteiger partial charge in [0, 0.05) is 5.71 Å². The van der Waals surface area contributed by atoms with Gasteiger partial charge in [0.1, 0.15) is 0 Å². The predicted octanol–water partition coefficient (Wildman–Crippen LogP) is 4.00. The van der Waals surface area contributed by atoms with Crippen LogP contribution in [0.1, 0.15) is 38.2 Å². The fourth-order valence-electron chi connectivity index (χ4n) is 2.04. The third-order valence-electron chi connectivity index (χ3n) is 3.10. The van der Waals surface area contributed by atoms with Crippen LogP contribution in [0.15, 0.2) is 47.0 Å². The average Bonchev–Trinajstić information content (AvgIpc) is 2.38. The summed E-state index contributed by atoms with van der Waals surface area (Å²) in [7, 11) is 0. The molecular weight excluding hydrogens is 194 g/mol. The van der Waals surface area contributed by atoms with Crippen molar-refractivity contribution in [1.82, 2.24) is 0 Å². The Morgan fingerprint density at radius 1 is 1.19 bits per heavy atom. The molecule has 2 rings (SSSR count). The SMILES string of the molecule is C/C(=N\CC1=CCCCC1)c1ccccc1. The molecule has 0 aliphatic heterocycles. The van der Waals surface area contributed by atoms with Gasteiger partial charge in [-0.25, -0.2) is 0 Å². The van der Waals surface area contributed by atoms with E-state index < -0.39 is 0 Å². The van der Waals surface area contributed by atoms with Crippen LogP contribution in [0.25, 0.3) is 0 Å². The second kappa shape index (κ2) is 5.64. The normalized spacial score (nSPS) is 17.1. The lowest BCUT2D eigenvalue weighted by atomic mass is 10.00. The highest BCUT2D eigenvalue weighted by Crippen LogP contribution is 2.17. The summed E-state index contributed by atoms with van der Waals surface area (Å²) in [6, 6.07) is 10.4. The van der Waals surface area contributed by atoms with Gasteiger partial charge in [-0.05, 0) is 38.2 Å². The lowest BCUT2D eigenvalue weighted by molar-refractivity contribution is 0.691. The summed E-state index contributed by atoms with van der Waals surface area (Å²) in [5.74, 6) is 0. The molecule has 1 aromatic carbocycles. The second-order valence-electron chi connectivity index (χ2n) is 4.38. The van der Waals surface area contributed by atoms with E-state index >= 15 is 0 Å². The molecule has 0 amide bonds. The molecule has 0 fully saturated rings. The van der Waals surface area contributed by atoms with E-state index in [2.05, 4.69) is 42.3 Å². The quantitative estimate of drug-likeness (QED) is 0.531. The molecule has 0 saturated carbocycles. The van der Waals surface area contributed by atoms with Crippen molar-refractivity contribution in [3.63, 3.8) is 0 Å². The van der Waals surface area contributed by atoms with Crippen molar-refractivity contribution in [3.8, 4) is 0 Å². The molecule has 0 spiro atoms. The molecule has 1 aliphatic rings. The van der Waals surface area contributed by atoms with Gasteiger partial charge < -0.3 is 0 Å². The summed E-state index contributed by atoms with van der Waals surface area (Å²) in [5.41, 5.74) is 3.90. The lowest BCUT2D eigenvalue weighted by Crippen LogP contribution is -2.00. The summed E-state index contributed by atoms with van der Waals surface area (Å²) < 4.78 is 0. The van der Waals surface area contributed by atoms with Crippen LogP contribution in [0.5, 0.6) is 0 Å². The van der Waals surface area contributed by atoms with Gasteiger partial charge in [-0.3, -0.25) is 4.99 Å². The number of benzene rings is 1. The van der Waals surface area contributed by atoms with Gasteiger partial charge >= 0.3 is 0 Å². The Kier molecular flexibility index (Phi) is 3.92. The van der Waals surface area contributed by atoms with Crippen molar-refractivity contribution in [2.45, 2.75) is 32.6 Å². The molecule has 0 unspecified atom stereocenters. The molecule has 0 saturated heterocycles. The molecule has 0 radical (unpaired) electrons. The van der Waals surface area contributed by atoms with Crippen LogP contribution >= 0.6 is 0 Å². The van der Waals surface area contributed by atoms with Gasteiger partial charge in [-0.15, -0.1) is 0 Å². The van der Waals surface area contributed by atoms with Crippen LogP contribution in [-0.2, 0) is 0 Å². The molecule has 0 aromatic heterocycles. The zero-order chi connectivity index (χ0) is 11.2. The summed E-state index contributed by atoms with van der Waals surface area (Å²) in [6.07, 6.45) is 7.54. The van der Waals surface area contributed by atoms with E-state index in [4.69, 9.17) is 0 Å². The van der Waals surface area contributed by atoms with Gasteiger partial charge in [-0.2, -0.15) is 0 Å². The predicted molar refractivity (Wildman–Crippen MR) is 70.1 cm³/mol. The Morgan fingerprint density at radius 3 is 2.69 bits per heavy atom. The molecule has 84 valence electrons. The maximum absolute atomic E-state index is 4.67. The Balaban J connectivity index is 1.99. The monoisotopic (exact) mass is 213 g/mol. The first kappa shape index (κ1) is 11.1. The Bertz CT molecular complexity index is 387. The summed E-state index contributed by atoms with van der Waals surface area (Å²) in [4.78, 5) is 4.67. The first-order chi connectivity index (χ1) is 7.86. The van der Waals surface area contributed by atoms with Crippen LogP contribution in [0.2, 0.25) is 0 Å². The van der Waals surface area contributed by atoms with Gasteiger partial charge in [0.15, 0.2) is 0 Å². The topological polar surface area (TPSA) is 12.4 Å². The van der Waals surface area contributed by atoms with E-state index in [0.29, 0.717) is 0 Å². The van der Waals surface area contributed by atoms with Gasteiger partial charge in [0.25, 0.3) is 0 Å². The minimum atomic E-state index is 0.890. The number of hydrogen-bond acceptors (Lipinski definition) is 1. The van der Waals surface area contributed by atoms with Gasteiger partial charge in [0.05, 0.1) is 6.54 Å². The van der Waals surface area contributed by atoms with E-state index in [1.807, 2.05) is 6.07 Å². The highest BCUT2D eigenvalue weighted by molar-refractivity contribution is 5.98. The second-order valence-corrected chi connectivity index (χ2v) is 4.38. The molecular formula is C15H19N. The van der Waals surface area contributed by atoms with E-state index in [-0.39, 0.29) is 0 Å². The summed E-state index contributed by atoms with van der Waals surface area (Å²) in [6.45, 7) is 2.99. The fourth-order valence-corrected chi connectivity index (χ4v) is 2.04. The highest BCUT2D eigenvalue weighted by atomic mass is 14.7. The Labute approximate surface area is 97.9 Å². The number of hydrogen-bond donors (Lipinski definition) is 0. The Morgan fingerprint density at radius 2 is 2.00 bits per heavy atom. The summed E-state index contributed by atoms with van der Waals surface area (Å²) in [5, 5.41) is 0. The number of nitrogens with zero attached hydrogens (tertiary/aromatic N) is 1. The number of aliphatic imine (C=N–C) groups is 1. The van der Waals surface area contributed by atoms with Crippen molar-refractivity contribution < 1.29 is 0 Å². The van der Waals surface area contributed by atoms with Crippen molar-refractivity contribution in [2.75, 3.05) is 6.54 Å². The third-order valence-corrected chi connectivity index (χ3v) is 3.10. The minimum Gasteiger partial charge on any atom is -0.285 e. The van der Waals surface area contributed by atoms with Crippen molar-refractivity contribution in [1.29, 1.82) is 0 Å². The molecule has 1 nitrogen and oxygen atoms in total. The van der Waals surface area contributed by atoms with Crippen molar-refractivity contribution >= 4 is 5.71 Å². The maximum atomic E-state index is 4.67. The van der Waals surface area contributed by atoms with Crippen LogP contribution in [0.3, 0.4) is 0 Å². The largest absolute Gasteiger partial charge is 0.285 e. The molecule has 1 heteroatoms. The number of rotatable bonds is 3. The van der Waals surface area contributed by atoms with Crippen molar-refractivity contribution in [2.24, 2.45) is 4.99 Å². The smallest absolute Gasteiger partial charge is 0.0603 e. The molecule has 0 heterocycles. The minimum absolute atomic E-state index is 0.890. The molecule has 0 bridgehead atoms. The molecule has 0 N–H and O–H groups in total. The highest BCUT2D eigenvalue weighted by Gasteiger charge is 2.02.